The molecule has 9 heavy (non-hydrogen) atoms. The van der Waals surface area contributed by atoms with Crippen LogP contribution in [0.3, 0.4) is 0 Å². The van der Waals surface area contributed by atoms with Gasteiger partial charge in [-0.3, -0.25) is 0 Å². The molecule has 0 spiro atoms. The van der Waals surface area contributed by atoms with E-state index in [4.69, 9.17) is 23.2 Å². The summed E-state index contributed by atoms with van der Waals surface area (Å²) in [5.74, 6) is 0. The van der Waals surface area contributed by atoms with Gasteiger partial charge >= 0.3 is 73.9 Å². The Bertz CT molecular complexity index is 202. The summed E-state index contributed by atoms with van der Waals surface area (Å²) in [5.41, 5.74) is 0. The molecule has 0 atom stereocenters. The number of halogens is 2. The Hall–Kier alpha value is 0.423. The van der Waals surface area contributed by atoms with Crippen LogP contribution >= 0.6 is 23.2 Å². The molecule has 0 saturated heterocycles. The molecule has 0 saturated carbocycles. The summed E-state index contributed by atoms with van der Waals surface area (Å²) in [5, 5.41) is 1.23. The maximum absolute atomic E-state index is 5.73. The quantitative estimate of drug-likeness (QED) is 0.616. The van der Waals surface area contributed by atoms with E-state index in [-0.39, 0.29) is 0 Å². The third-order valence-corrected chi connectivity index (χ3v) is 2.69. The zero-order valence-corrected chi connectivity index (χ0v) is 7.59. The van der Waals surface area contributed by atoms with Crippen molar-refractivity contribution in [1.82, 2.24) is 0 Å². The molecule has 1 rings (SSSR count). The van der Waals surface area contributed by atoms with Gasteiger partial charge in [0.2, 0.25) is 0 Å². The molecule has 3 heteroatoms. The predicted octanol–water partition coefficient (Wildman–Crippen LogP) is 2.17. The van der Waals surface area contributed by atoms with E-state index in [0.29, 0.717) is 10.0 Å². The van der Waals surface area contributed by atoms with Gasteiger partial charge in [-0.25, -0.2) is 0 Å². The third-order valence-electron chi connectivity index (χ3n) is 0.895. The van der Waals surface area contributed by atoms with Crippen LogP contribution in [0.25, 0.3) is 0 Å². The van der Waals surface area contributed by atoms with Crippen LogP contribution < -0.4 is 4.16 Å². The first kappa shape index (κ1) is 7.53. The zero-order chi connectivity index (χ0) is 6.85. The van der Waals surface area contributed by atoms with Crippen LogP contribution in [0.2, 0.25) is 10.0 Å². The normalized spacial score (nSPS) is 9.67. The van der Waals surface area contributed by atoms with E-state index >= 15 is 0 Å². The monoisotopic (exact) mass is 247 g/mol. The van der Waals surface area contributed by atoms with Crippen molar-refractivity contribution in [3.63, 3.8) is 0 Å². The molecule has 49 valence electrons. The first-order valence-electron chi connectivity index (χ1n) is 2.30. The van der Waals surface area contributed by atoms with Gasteiger partial charge in [0.05, 0.1) is 0 Å². The molecule has 0 amide bonds. The van der Waals surface area contributed by atoms with Crippen LogP contribution in [0.5, 0.6) is 0 Å². The van der Waals surface area contributed by atoms with Crippen LogP contribution in [0.15, 0.2) is 18.2 Å². The second-order valence-corrected chi connectivity index (χ2v) is 3.24. The van der Waals surface area contributed by atoms with E-state index < -0.39 is 0 Å². The maximum atomic E-state index is 5.73. The average Bonchev–Trinajstić information content (AvgIpc) is 1.83. The molecule has 1 aromatic carbocycles. The molecule has 0 fully saturated rings. The Morgan fingerprint density at radius 1 is 1.22 bits per heavy atom. The molecular weight excluding hydrogens is 244 g/mol. The number of benzene rings is 1. The number of rotatable bonds is 0. The van der Waals surface area contributed by atoms with Gasteiger partial charge in [-0.2, -0.15) is 0 Å². The summed E-state index contributed by atoms with van der Waals surface area (Å²) in [7, 11) is 0. The third kappa shape index (κ3) is 1.67. The Kier molecular flexibility index (Phi) is 2.52. The van der Waals surface area contributed by atoms with Gasteiger partial charge in [0.25, 0.3) is 0 Å². The van der Waals surface area contributed by atoms with E-state index in [1.165, 1.54) is 0 Å². The molecule has 0 aliphatic rings. The van der Waals surface area contributed by atoms with E-state index in [1.54, 1.807) is 6.07 Å². The van der Waals surface area contributed by atoms with E-state index in [2.05, 4.69) is 18.3 Å². The Morgan fingerprint density at radius 3 is 2.33 bits per heavy atom. The summed E-state index contributed by atoms with van der Waals surface area (Å²) < 4.78 is 0.948. The second kappa shape index (κ2) is 3.01. The van der Waals surface area contributed by atoms with Gasteiger partial charge in [0.15, 0.2) is 0 Å². The first-order chi connectivity index (χ1) is 4.22. The van der Waals surface area contributed by atoms with Crippen LogP contribution in [-0.4, -0.2) is 0 Å². The molecule has 0 aliphatic carbocycles. The van der Waals surface area contributed by atoms with Gasteiger partial charge in [0.1, 0.15) is 0 Å². The molecule has 0 aliphatic heterocycles. The Balaban J connectivity index is 3.25. The molecule has 0 radical (unpaired) electrons. The van der Waals surface area contributed by atoms with E-state index in [9.17, 15) is 0 Å². The molecule has 0 N–H and O–H groups in total. The molecule has 0 aromatic heterocycles. The summed E-state index contributed by atoms with van der Waals surface area (Å²) in [6.45, 7) is 0. The molecule has 0 unspecified atom stereocenters. The van der Waals surface area contributed by atoms with Gasteiger partial charge in [-0.1, -0.05) is 0 Å². The van der Waals surface area contributed by atoms with E-state index in [1.807, 2.05) is 12.1 Å². The minimum atomic E-state index is 0.604. The van der Waals surface area contributed by atoms with Crippen molar-refractivity contribution in [2.75, 3.05) is 0 Å². The predicted molar refractivity (Wildman–Crippen MR) is 36.1 cm³/mol. The summed E-state index contributed by atoms with van der Waals surface area (Å²) in [6, 6.07) is 5.52. The van der Waals surface area contributed by atoms with Gasteiger partial charge in [0, 0.05) is 0 Å². The fraction of sp³-hybridized carbons (Fsp3) is 0. The van der Waals surface area contributed by atoms with Crippen LogP contribution in [0.4, 0.5) is 0 Å². The average molecular weight is 247 g/mol. The number of hydrogen-bond acceptors (Lipinski definition) is 0. The number of hydrogen-bond donors (Lipinski definition) is 0. The van der Waals surface area contributed by atoms with Crippen molar-refractivity contribution < 1.29 is 18.3 Å². The van der Waals surface area contributed by atoms with Crippen molar-refractivity contribution in [1.29, 1.82) is 0 Å². The first-order valence-corrected chi connectivity index (χ1v) is 3.92. The standard InChI is InChI=1S/C6H3Cl2.Ru/c7-5-3-1-2-4-6(5)8;/h1-3H;. The van der Waals surface area contributed by atoms with Crippen molar-refractivity contribution in [3.8, 4) is 0 Å². The summed E-state index contributed by atoms with van der Waals surface area (Å²) in [4.78, 5) is 0. The van der Waals surface area contributed by atoms with Crippen molar-refractivity contribution in [2.24, 2.45) is 0 Å². The van der Waals surface area contributed by atoms with E-state index in [0.717, 1.165) is 4.16 Å². The zero-order valence-electron chi connectivity index (χ0n) is 4.34. The summed E-state index contributed by atoms with van der Waals surface area (Å²) >= 11 is 13.8. The molecule has 1 aromatic rings. The van der Waals surface area contributed by atoms with Crippen molar-refractivity contribution >= 4 is 27.4 Å². The fourth-order valence-electron chi connectivity index (χ4n) is 0.472. The molecule has 0 heterocycles. The second-order valence-electron chi connectivity index (χ2n) is 1.52. The SMILES string of the molecule is Clc1ccc[c]([Ru])c1Cl. The van der Waals surface area contributed by atoms with Crippen LogP contribution in [0, 0.1) is 0 Å². The molecular formula is C6H3Cl2Ru. The Labute approximate surface area is 73.8 Å². The van der Waals surface area contributed by atoms with Gasteiger partial charge in [-0.15, -0.1) is 0 Å². The molecule has 0 nitrogen and oxygen atoms in total. The van der Waals surface area contributed by atoms with Crippen molar-refractivity contribution in [2.45, 2.75) is 0 Å². The topological polar surface area (TPSA) is 0 Å². The Morgan fingerprint density at radius 2 is 1.89 bits per heavy atom. The van der Waals surface area contributed by atoms with Crippen LogP contribution in [0.1, 0.15) is 0 Å². The fourth-order valence-corrected chi connectivity index (χ4v) is 1.30. The minimum absolute atomic E-state index is 0.604. The van der Waals surface area contributed by atoms with Gasteiger partial charge < -0.3 is 0 Å². The van der Waals surface area contributed by atoms with Gasteiger partial charge in [-0.05, 0) is 0 Å². The van der Waals surface area contributed by atoms with Crippen LogP contribution in [-0.2, 0) is 18.3 Å². The van der Waals surface area contributed by atoms with Crippen molar-refractivity contribution in [3.05, 3.63) is 28.2 Å². The molecule has 0 bridgehead atoms. The summed E-state index contributed by atoms with van der Waals surface area (Å²) in [6.07, 6.45) is 0.